The lowest BCUT2D eigenvalue weighted by molar-refractivity contribution is 0.0951. The number of aromatic nitrogens is 2. The van der Waals surface area contributed by atoms with Crippen LogP contribution in [0.2, 0.25) is 0 Å². The Morgan fingerprint density at radius 3 is 2.74 bits per heavy atom. The summed E-state index contributed by atoms with van der Waals surface area (Å²) in [5.41, 5.74) is 4.87. The molecule has 2 heterocycles. The van der Waals surface area contributed by atoms with Crippen LogP contribution in [0, 0.1) is 11.3 Å². The van der Waals surface area contributed by atoms with Crippen LogP contribution in [0.15, 0.2) is 48.7 Å². The molecule has 5 rings (SSSR count). The second kappa shape index (κ2) is 9.35. The lowest BCUT2D eigenvalue weighted by Crippen LogP contribution is -2.26. The molecule has 1 saturated carbocycles. The Morgan fingerprint density at radius 1 is 1.11 bits per heavy atom. The molecule has 2 aliphatic rings. The number of amides is 1. The van der Waals surface area contributed by atoms with Crippen molar-refractivity contribution in [2.75, 3.05) is 17.2 Å². The molecule has 0 unspecified atom stereocenters. The van der Waals surface area contributed by atoms with Crippen molar-refractivity contribution in [3.8, 4) is 6.07 Å². The molecule has 0 radical (unpaired) electrons. The third kappa shape index (κ3) is 5.26. The lowest BCUT2D eigenvalue weighted by Gasteiger charge is -2.19. The molecule has 1 amide bonds. The summed E-state index contributed by atoms with van der Waals surface area (Å²) < 4.78 is 0. The minimum Gasteiger partial charge on any atom is -0.349 e. The van der Waals surface area contributed by atoms with E-state index in [1.54, 1.807) is 6.20 Å². The molecule has 8 heteroatoms. The van der Waals surface area contributed by atoms with E-state index in [1.807, 2.05) is 44.2 Å². The van der Waals surface area contributed by atoms with Gasteiger partial charge in [-0.2, -0.15) is 10.2 Å². The minimum atomic E-state index is -0.635. The van der Waals surface area contributed by atoms with E-state index in [0.717, 1.165) is 49.3 Å². The van der Waals surface area contributed by atoms with Gasteiger partial charge in [-0.3, -0.25) is 4.79 Å². The van der Waals surface area contributed by atoms with Crippen molar-refractivity contribution in [2.45, 2.75) is 51.1 Å². The largest absolute Gasteiger partial charge is 0.349 e. The number of benzene rings is 2. The molecular formula is C27H29N7O. The zero-order chi connectivity index (χ0) is 24.4. The summed E-state index contributed by atoms with van der Waals surface area (Å²) in [6.07, 6.45) is 4.56. The van der Waals surface area contributed by atoms with Crippen molar-refractivity contribution in [1.29, 1.82) is 5.26 Å². The van der Waals surface area contributed by atoms with Crippen molar-refractivity contribution in [2.24, 2.45) is 0 Å². The van der Waals surface area contributed by atoms with E-state index in [4.69, 9.17) is 0 Å². The highest BCUT2D eigenvalue weighted by atomic mass is 16.1. The predicted molar refractivity (Wildman–Crippen MR) is 136 cm³/mol. The number of carbonyl (C=O) groups excluding carboxylic acids is 1. The maximum Gasteiger partial charge on any atom is 0.256 e. The van der Waals surface area contributed by atoms with Crippen molar-refractivity contribution in [3.63, 3.8) is 0 Å². The average Bonchev–Trinajstić information content (AvgIpc) is 3.68. The van der Waals surface area contributed by atoms with Gasteiger partial charge in [0.1, 0.15) is 11.4 Å². The summed E-state index contributed by atoms with van der Waals surface area (Å²) in [7, 11) is 0. The van der Waals surface area contributed by atoms with Crippen molar-refractivity contribution in [1.82, 2.24) is 20.6 Å². The third-order valence-electron chi connectivity index (χ3n) is 6.42. The van der Waals surface area contributed by atoms with Crippen LogP contribution in [0.25, 0.3) is 0 Å². The van der Waals surface area contributed by atoms with Gasteiger partial charge in [0.15, 0.2) is 0 Å². The fraction of sp³-hybridized carbons (Fsp3) is 0.333. The first kappa shape index (κ1) is 22.8. The maximum absolute atomic E-state index is 12.9. The van der Waals surface area contributed by atoms with E-state index in [0.29, 0.717) is 17.3 Å². The first-order valence-electron chi connectivity index (χ1n) is 12.0. The Hall–Kier alpha value is -3.96. The first-order chi connectivity index (χ1) is 16.9. The second-order valence-electron chi connectivity index (χ2n) is 9.68. The Bertz CT molecular complexity index is 1310. The third-order valence-corrected chi connectivity index (χ3v) is 6.42. The SMILES string of the molecule is CC(C)(C#N)c1cccc(Nc2nc(Nc3ccc4c(c3)CNCC4)ncc2C(=O)NC2CC2)c1. The highest BCUT2D eigenvalue weighted by Crippen LogP contribution is 2.28. The summed E-state index contributed by atoms with van der Waals surface area (Å²) in [5.74, 6) is 0.606. The Morgan fingerprint density at radius 2 is 1.94 bits per heavy atom. The number of nitrogens with one attached hydrogen (secondary N) is 4. The highest BCUT2D eigenvalue weighted by Gasteiger charge is 2.26. The average molecular weight is 468 g/mol. The molecule has 0 bridgehead atoms. The summed E-state index contributed by atoms with van der Waals surface area (Å²) in [6, 6.07) is 16.5. The summed E-state index contributed by atoms with van der Waals surface area (Å²) in [6.45, 7) is 5.59. The summed E-state index contributed by atoms with van der Waals surface area (Å²) >= 11 is 0. The van der Waals surface area contributed by atoms with Gasteiger partial charge >= 0.3 is 0 Å². The first-order valence-corrected chi connectivity index (χ1v) is 12.0. The molecule has 1 aromatic heterocycles. The van der Waals surface area contributed by atoms with Crippen LogP contribution in [-0.2, 0) is 18.4 Å². The minimum absolute atomic E-state index is 0.199. The van der Waals surface area contributed by atoms with Crippen LogP contribution in [0.3, 0.4) is 0 Å². The van der Waals surface area contributed by atoms with Gasteiger partial charge < -0.3 is 21.3 Å². The van der Waals surface area contributed by atoms with E-state index in [2.05, 4.69) is 49.4 Å². The van der Waals surface area contributed by atoms with E-state index >= 15 is 0 Å². The topological polar surface area (TPSA) is 115 Å². The van der Waals surface area contributed by atoms with E-state index < -0.39 is 5.41 Å². The standard InChI is InChI=1S/C27H29N7O/c1-27(2,16-28)19-4-3-5-21(13-19)31-24-23(25(35)32-20-8-9-20)15-30-26(34-24)33-22-7-6-17-10-11-29-14-18(17)12-22/h3-7,12-13,15,20,29H,8-11,14H2,1-2H3,(H,32,35)(H2,30,31,33,34). The molecule has 1 aliphatic heterocycles. The van der Waals surface area contributed by atoms with E-state index in [9.17, 15) is 10.1 Å². The molecule has 3 aromatic rings. The molecular weight excluding hydrogens is 438 g/mol. The maximum atomic E-state index is 12.9. The number of nitriles is 1. The normalized spacial score (nSPS) is 15.0. The van der Waals surface area contributed by atoms with Crippen LogP contribution in [0.5, 0.6) is 0 Å². The van der Waals surface area contributed by atoms with Crippen molar-refractivity contribution in [3.05, 3.63) is 70.9 Å². The number of anilines is 4. The zero-order valence-electron chi connectivity index (χ0n) is 20.0. The van der Waals surface area contributed by atoms with Gasteiger partial charge in [0, 0.05) is 30.2 Å². The number of rotatable bonds is 7. The number of carbonyl (C=O) groups is 1. The number of nitrogens with zero attached hydrogens (tertiary/aromatic N) is 3. The molecule has 0 atom stereocenters. The quantitative estimate of drug-likeness (QED) is 0.409. The number of hydrogen-bond donors (Lipinski definition) is 4. The van der Waals surface area contributed by atoms with Crippen molar-refractivity contribution < 1.29 is 4.79 Å². The van der Waals surface area contributed by atoms with Gasteiger partial charge in [0.25, 0.3) is 5.91 Å². The van der Waals surface area contributed by atoms with E-state index in [1.165, 1.54) is 11.1 Å². The smallest absolute Gasteiger partial charge is 0.256 e. The zero-order valence-corrected chi connectivity index (χ0v) is 20.0. The van der Waals surface area contributed by atoms with Gasteiger partial charge in [-0.05, 0) is 80.6 Å². The molecule has 8 nitrogen and oxygen atoms in total. The van der Waals surface area contributed by atoms with Crippen LogP contribution in [-0.4, -0.2) is 28.5 Å². The van der Waals surface area contributed by atoms with Gasteiger partial charge in [0.2, 0.25) is 5.95 Å². The summed E-state index contributed by atoms with van der Waals surface area (Å²) in [4.78, 5) is 22.0. The molecule has 1 fully saturated rings. The highest BCUT2D eigenvalue weighted by molar-refractivity contribution is 5.99. The summed E-state index contributed by atoms with van der Waals surface area (Å²) in [5, 5.41) is 22.5. The van der Waals surface area contributed by atoms with Crippen LogP contribution < -0.4 is 21.3 Å². The number of hydrogen-bond acceptors (Lipinski definition) is 7. The van der Waals surface area contributed by atoms with Crippen LogP contribution in [0.4, 0.5) is 23.1 Å². The fourth-order valence-electron chi connectivity index (χ4n) is 4.07. The lowest BCUT2D eigenvalue weighted by atomic mass is 9.86. The van der Waals surface area contributed by atoms with Gasteiger partial charge in [0.05, 0.1) is 11.5 Å². The van der Waals surface area contributed by atoms with Gasteiger partial charge in [-0.15, -0.1) is 0 Å². The molecule has 35 heavy (non-hydrogen) atoms. The van der Waals surface area contributed by atoms with Gasteiger partial charge in [-0.25, -0.2) is 4.98 Å². The molecule has 178 valence electrons. The fourth-order valence-corrected chi connectivity index (χ4v) is 4.07. The predicted octanol–water partition coefficient (Wildman–Crippen LogP) is 4.30. The van der Waals surface area contributed by atoms with Gasteiger partial charge in [-0.1, -0.05) is 18.2 Å². The molecule has 1 aliphatic carbocycles. The Balaban J connectivity index is 1.44. The number of fused-ring (bicyclic) bond motifs is 1. The second-order valence-corrected chi connectivity index (χ2v) is 9.68. The Labute approximate surface area is 205 Å². The molecule has 0 spiro atoms. The molecule has 2 aromatic carbocycles. The van der Waals surface area contributed by atoms with E-state index in [-0.39, 0.29) is 11.9 Å². The Kier molecular flexibility index (Phi) is 6.10. The van der Waals surface area contributed by atoms with Crippen molar-refractivity contribution >= 4 is 29.0 Å². The molecule has 0 saturated heterocycles. The molecule has 4 N–H and O–H groups in total. The van der Waals surface area contributed by atoms with Crippen LogP contribution >= 0.6 is 0 Å². The van der Waals surface area contributed by atoms with Crippen LogP contribution in [0.1, 0.15) is 53.7 Å². The monoisotopic (exact) mass is 467 g/mol.